The third kappa shape index (κ3) is 3.30. The minimum Gasteiger partial charge on any atom is -0.507 e. The first-order valence-corrected chi connectivity index (χ1v) is 13.9. The quantitative estimate of drug-likeness (QED) is 0.294. The fraction of sp³-hybridized carbons (Fsp3) is 0.548. The number of nitrogens with two attached hydrogens (primary N) is 1. The number of fused-ring (bicyclic) bond motifs is 7. The number of aliphatic hydroxyl groups is 1. The maximum Gasteiger partial charge on any atom is 0.342 e. The third-order valence-corrected chi connectivity index (χ3v) is 11.1. The third-order valence-electron chi connectivity index (χ3n) is 11.1. The molecule has 212 valence electrons. The molecule has 4 aliphatic carbocycles. The van der Waals surface area contributed by atoms with E-state index in [0.717, 1.165) is 18.4 Å². The van der Waals surface area contributed by atoms with Gasteiger partial charge in [-0.15, -0.1) is 0 Å². The van der Waals surface area contributed by atoms with Crippen LogP contribution < -0.4 is 5.73 Å². The van der Waals surface area contributed by atoms with Gasteiger partial charge in [0.1, 0.15) is 17.4 Å². The van der Waals surface area contributed by atoms with E-state index in [1.807, 2.05) is 13.0 Å². The van der Waals surface area contributed by atoms with Crippen LogP contribution in [0.2, 0.25) is 0 Å². The lowest BCUT2D eigenvalue weighted by atomic mass is 9.41. The van der Waals surface area contributed by atoms with Crippen LogP contribution in [0.5, 0.6) is 5.75 Å². The number of hydrogen-bond donors (Lipinski definition) is 3. The second-order valence-corrected chi connectivity index (χ2v) is 12.9. The van der Waals surface area contributed by atoms with E-state index in [1.54, 1.807) is 19.1 Å². The SMILES string of the molecule is CC1=N[C@]2(C(=O)COC(=O)c3cc(N)ccc3O)[C@@H](C[C@@]3(C)[C@@H]4CCC5=CC(=O)C=C[C@]5(C)[C@H]4[C@@H](O)C[C@@]32C)O1. The van der Waals surface area contributed by atoms with Crippen molar-refractivity contribution in [3.63, 3.8) is 0 Å². The summed E-state index contributed by atoms with van der Waals surface area (Å²) in [6.07, 6.45) is 6.35. The number of phenolic OH excluding ortho intramolecular Hbond substituents is 1. The highest BCUT2D eigenvalue weighted by Crippen LogP contribution is 2.74. The zero-order valence-electron chi connectivity index (χ0n) is 23.3. The Hall–Kier alpha value is -3.46. The molecule has 9 heteroatoms. The van der Waals surface area contributed by atoms with Crippen LogP contribution >= 0.6 is 0 Å². The summed E-state index contributed by atoms with van der Waals surface area (Å²) in [5.41, 5.74) is 3.95. The van der Waals surface area contributed by atoms with Gasteiger partial charge in [0.25, 0.3) is 0 Å². The molecule has 40 heavy (non-hydrogen) atoms. The second kappa shape index (κ2) is 8.52. The molecule has 0 aromatic heterocycles. The minimum absolute atomic E-state index is 0.0218. The van der Waals surface area contributed by atoms with Crippen LogP contribution in [0.3, 0.4) is 0 Å². The van der Waals surface area contributed by atoms with Crippen molar-refractivity contribution in [1.82, 2.24) is 0 Å². The van der Waals surface area contributed by atoms with Gasteiger partial charge in [-0.2, -0.15) is 0 Å². The number of phenols is 1. The molecule has 0 amide bonds. The van der Waals surface area contributed by atoms with Gasteiger partial charge in [0.2, 0.25) is 5.78 Å². The van der Waals surface area contributed by atoms with Crippen molar-refractivity contribution in [3.8, 4) is 5.75 Å². The molecule has 4 N–H and O–H groups in total. The zero-order valence-corrected chi connectivity index (χ0v) is 23.3. The number of ketones is 2. The zero-order chi connectivity index (χ0) is 28.8. The number of allylic oxidation sites excluding steroid dienone is 4. The van der Waals surface area contributed by atoms with Gasteiger partial charge >= 0.3 is 5.97 Å². The molecule has 5 aliphatic rings. The lowest BCUT2D eigenvalue weighted by Gasteiger charge is -2.63. The molecule has 0 spiro atoms. The summed E-state index contributed by atoms with van der Waals surface area (Å²) in [6, 6.07) is 4.06. The molecule has 1 aromatic carbocycles. The second-order valence-electron chi connectivity index (χ2n) is 12.9. The van der Waals surface area contributed by atoms with Crippen molar-refractivity contribution in [2.24, 2.45) is 33.1 Å². The number of hydrogen-bond acceptors (Lipinski definition) is 9. The molecular weight excluding hydrogens is 512 g/mol. The average Bonchev–Trinajstić information content (AvgIpc) is 3.32. The number of aliphatic imine (C=N–C) groups is 1. The van der Waals surface area contributed by atoms with Gasteiger partial charge in [-0.05, 0) is 67.4 Å². The normalized spacial score (nSPS) is 41.1. The number of benzene rings is 1. The van der Waals surface area contributed by atoms with Gasteiger partial charge in [0.05, 0.1) is 6.10 Å². The van der Waals surface area contributed by atoms with Gasteiger partial charge in [-0.3, -0.25) is 9.59 Å². The first-order chi connectivity index (χ1) is 18.8. The van der Waals surface area contributed by atoms with E-state index < -0.39 is 52.4 Å². The number of Topliss-reactive ketones (excluding diaryl/α,β-unsaturated/α-hetero) is 1. The van der Waals surface area contributed by atoms with Crippen molar-refractivity contribution in [2.75, 3.05) is 12.3 Å². The number of nitrogens with zero attached hydrogens (tertiary/aromatic N) is 1. The van der Waals surface area contributed by atoms with Crippen LogP contribution in [0.4, 0.5) is 5.69 Å². The largest absolute Gasteiger partial charge is 0.507 e. The van der Waals surface area contributed by atoms with E-state index >= 15 is 0 Å². The van der Waals surface area contributed by atoms with Crippen molar-refractivity contribution >= 4 is 29.1 Å². The summed E-state index contributed by atoms with van der Waals surface area (Å²) >= 11 is 0. The molecule has 0 saturated heterocycles. The summed E-state index contributed by atoms with van der Waals surface area (Å²) in [6.45, 7) is 7.47. The Labute approximate surface area is 233 Å². The van der Waals surface area contributed by atoms with Gasteiger partial charge in [-0.1, -0.05) is 32.4 Å². The number of carbonyl (C=O) groups excluding carboxylic acids is 3. The van der Waals surface area contributed by atoms with E-state index in [-0.39, 0.29) is 34.6 Å². The summed E-state index contributed by atoms with van der Waals surface area (Å²) in [5.74, 6) is -1.26. The molecule has 8 atom stereocenters. The van der Waals surface area contributed by atoms with Crippen molar-refractivity contribution in [1.29, 1.82) is 0 Å². The summed E-state index contributed by atoms with van der Waals surface area (Å²) < 4.78 is 11.6. The monoisotopic (exact) mass is 548 g/mol. The number of ether oxygens (including phenoxy) is 2. The van der Waals surface area contributed by atoms with E-state index in [2.05, 4.69) is 13.8 Å². The number of esters is 1. The first-order valence-electron chi connectivity index (χ1n) is 13.9. The highest BCUT2D eigenvalue weighted by atomic mass is 16.5. The minimum atomic E-state index is -1.34. The molecule has 9 nitrogen and oxygen atoms in total. The molecule has 0 radical (unpaired) electrons. The number of anilines is 1. The first kappa shape index (κ1) is 26.7. The van der Waals surface area contributed by atoms with Crippen LogP contribution in [0.25, 0.3) is 0 Å². The highest BCUT2D eigenvalue weighted by molar-refractivity contribution is 6.01. The molecule has 1 aromatic rings. The molecule has 3 saturated carbocycles. The molecule has 6 rings (SSSR count). The number of aliphatic hydroxyl groups excluding tert-OH is 1. The number of rotatable bonds is 4. The van der Waals surface area contributed by atoms with Crippen LogP contribution in [0.1, 0.15) is 63.7 Å². The predicted octanol–water partition coefficient (Wildman–Crippen LogP) is 3.54. The average molecular weight is 549 g/mol. The van der Waals surface area contributed by atoms with Crippen LogP contribution in [0.15, 0.2) is 47.0 Å². The van der Waals surface area contributed by atoms with E-state index in [9.17, 15) is 24.6 Å². The van der Waals surface area contributed by atoms with Crippen molar-refractivity contribution in [3.05, 3.63) is 47.6 Å². The Morgan fingerprint density at radius 1 is 1.23 bits per heavy atom. The lowest BCUT2D eigenvalue weighted by molar-refractivity contribution is -0.170. The Kier molecular flexibility index (Phi) is 5.70. The summed E-state index contributed by atoms with van der Waals surface area (Å²) in [4.78, 5) is 44.0. The van der Waals surface area contributed by atoms with Gasteiger partial charge in [-0.25, -0.2) is 9.79 Å². The fourth-order valence-corrected chi connectivity index (χ4v) is 9.13. The van der Waals surface area contributed by atoms with Gasteiger partial charge in [0.15, 0.2) is 23.8 Å². The smallest absolute Gasteiger partial charge is 0.342 e. The van der Waals surface area contributed by atoms with Crippen LogP contribution in [-0.2, 0) is 19.1 Å². The molecule has 0 bridgehead atoms. The Bertz CT molecular complexity index is 1430. The maximum absolute atomic E-state index is 14.2. The summed E-state index contributed by atoms with van der Waals surface area (Å²) in [7, 11) is 0. The Morgan fingerprint density at radius 3 is 2.73 bits per heavy atom. The van der Waals surface area contributed by atoms with Crippen LogP contribution in [-0.4, -0.2) is 58.0 Å². The topological polar surface area (TPSA) is 149 Å². The number of aromatic hydroxyl groups is 1. The standard InChI is InChI=1S/C31H36N2O7/c1-16-33-31(24(37)15-39-27(38)20-12-18(32)6-8-22(20)35)25(40-16)14-29(3)21-7-5-17-11-19(34)9-10-28(17,2)26(21)23(36)13-30(29,31)4/h6,8-12,21,23,25-26,35-36H,5,7,13-15,32H2,1-4H3/t21-,23+,25-,26-,28+,29+,30+,31-/m1/s1. The molecule has 1 heterocycles. The maximum atomic E-state index is 14.2. The van der Waals surface area contributed by atoms with Crippen LogP contribution in [0, 0.1) is 28.1 Å². The lowest BCUT2D eigenvalue weighted by Crippen LogP contribution is -2.65. The molecule has 3 fully saturated rings. The van der Waals surface area contributed by atoms with Gasteiger partial charge < -0.3 is 25.4 Å². The number of carbonyl (C=O) groups is 3. The molecule has 0 unspecified atom stereocenters. The predicted molar refractivity (Wildman–Crippen MR) is 147 cm³/mol. The Morgan fingerprint density at radius 2 is 1.98 bits per heavy atom. The van der Waals surface area contributed by atoms with E-state index in [4.69, 9.17) is 20.2 Å². The van der Waals surface area contributed by atoms with Crippen molar-refractivity contribution < 1.29 is 34.1 Å². The van der Waals surface area contributed by atoms with Gasteiger partial charge in [0, 0.05) is 29.4 Å². The molecule has 1 aliphatic heterocycles. The Balaban J connectivity index is 1.35. The highest BCUT2D eigenvalue weighted by Gasteiger charge is 2.79. The van der Waals surface area contributed by atoms with E-state index in [1.165, 1.54) is 18.2 Å². The number of nitrogen functional groups attached to an aromatic ring is 1. The summed E-state index contributed by atoms with van der Waals surface area (Å²) in [5, 5.41) is 21.9. The van der Waals surface area contributed by atoms with Crippen molar-refractivity contribution in [2.45, 2.75) is 71.1 Å². The van der Waals surface area contributed by atoms with E-state index in [0.29, 0.717) is 18.7 Å². The molecular formula is C31H36N2O7. The fourth-order valence-electron chi connectivity index (χ4n) is 9.13.